The van der Waals surface area contributed by atoms with Gasteiger partial charge in [-0.3, -0.25) is 0 Å². The SMILES string of the molecule is C#CCSCCNCc1ccccc1COC. The van der Waals surface area contributed by atoms with Gasteiger partial charge < -0.3 is 10.1 Å². The molecule has 1 aromatic rings. The average molecular weight is 249 g/mol. The number of rotatable bonds is 8. The predicted molar refractivity (Wildman–Crippen MR) is 75.0 cm³/mol. The lowest BCUT2D eigenvalue weighted by molar-refractivity contribution is 0.184. The van der Waals surface area contributed by atoms with Crippen LogP contribution in [0.2, 0.25) is 0 Å². The van der Waals surface area contributed by atoms with E-state index in [-0.39, 0.29) is 0 Å². The predicted octanol–water partition coefficient (Wildman–Crippen LogP) is 2.29. The molecule has 0 heterocycles. The standard InChI is InChI=1S/C14H19NOS/c1-3-9-17-10-8-15-11-13-6-4-5-7-14(13)12-16-2/h1,4-7,15H,8-12H2,2H3. The molecule has 0 bridgehead atoms. The molecule has 92 valence electrons. The Morgan fingerprint density at radius 1 is 1.35 bits per heavy atom. The first kappa shape index (κ1) is 14.1. The highest BCUT2D eigenvalue weighted by Crippen LogP contribution is 2.09. The topological polar surface area (TPSA) is 21.3 Å². The van der Waals surface area contributed by atoms with Crippen molar-refractivity contribution in [3.63, 3.8) is 0 Å². The zero-order valence-electron chi connectivity index (χ0n) is 10.2. The quantitative estimate of drug-likeness (QED) is 0.564. The highest BCUT2D eigenvalue weighted by molar-refractivity contribution is 7.99. The van der Waals surface area contributed by atoms with Gasteiger partial charge >= 0.3 is 0 Å². The molecule has 0 aromatic heterocycles. The number of thioether (sulfide) groups is 1. The van der Waals surface area contributed by atoms with E-state index in [4.69, 9.17) is 11.2 Å². The first-order valence-corrected chi connectivity index (χ1v) is 6.81. The second-order valence-electron chi connectivity index (χ2n) is 3.64. The van der Waals surface area contributed by atoms with Crippen LogP contribution in [0.5, 0.6) is 0 Å². The largest absolute Gasteiger partial charge is 0.380 e. The molecule has 0 saturated carbocycles. The van der Waals surface area contributed by atoms with E-state index in [1.165, 1.54) is 11.1 Å². The summed E-state index contributed by atoms with van der Waals surface area (Å²) in [5.41, 5.74) is 2.55. The Morgan fingerprint density at radius 2 is 2.12 bits per heavy atom. The van der Waals surface area contributed by atoms with Crippen molar-refractivity contribution in [3.05, 3.63) is 35.4 Å². The minimum atomic E-state index is 0.670. The Bertz CT molecular complexity index is 359. The van der Waals surface area contributed by atoms with Crippen molar-refractivity contribution < 1.29 is 4.74 Å². The van der Waals surface area contributed by atoms with Crippen molar-refractivity contribution in [1.29, 1.82) is 0 Å². The third-order valence-corrected chi connectivity index (χ3v) is 3.21. The summed E-state index contributed by atoms with van der Waals surface area (Å²) in [6.45, 7) is 2.54. The van der Waals surface area contributed by atoms with Gasteiger partial charge in [0.1, 0.15) is 0 Å². The third kappa shape index (κ3) is 5.78. The summed E-state index contributed by atoms with van der Waals surface area (Å²) in [6.07, 6.45) is 5.18. The Balaban J connectivity index is 2.28. The smallest absolute Gasteiger partial charge is 0.0716 e. The van der Waals surface area contributed by atoms with Crippen LogP contribution >= 0.6 is 11.8 Å². The van der Waals surface area contributed by atoms with Crippen LogP contribution in [0.15, 0.2) is 24.3 Å². The van der Waals surface area contributed by atoms with Crippen LogP contribution in [0.3, 0.4) is 0 Å². The second kappa shape index (κ2) is 9.12. The molecule has 17 heavy (non-hydrogen) atoms. The summed E-state index contributed by atoms with van der Waals surface area (Å²) in [7, 11) is 1.72. The van der Waals surface area contributed by atoms with Gasteiger partial charge in [0, 0.05) is 26.0 Å². The molecule has 0 fully saturated rings. The van der Waals surface area contributed by atoms with Gasteiger partial charge in [-0.05, 0) is 11.1 Å². The first-order chi connectivity index (χ1) is 8.38. The average Bonchev–Trinajstić information content (AvgIpc) is 2.36. The van der Waals surface area contributed by atoms with Gasteiger partial charge in [-0.1, -0.05) is 30.2 Å². The fraction of sp³-hybridized carbons (Fsp3) is 0.429. The lowest BCUT2D eigenvalue weighted by Gasteiger charge is -2.09. The number of ether oxygens (including phenoxy) is 1. The summed E-state index contributed by atoms with van der Waals surface area (Å²) < 4.78 is 5.17. The summed E-state index contributed by atoms with van der Waals surface area (Å²) >= 11 is 1.78. The number of methoxy groups -OCH3 is 1. The van der Waals surface area contributed by atoms with Crippen molar-refractivity contribution in [3.8, 4) is 12.3 Å². The van der Waals surface area contributed by atoms with E-state index in [1.54, 1.807) is 18.9 Å². The molecule has 1 N–H and O–H groups in total. The highest BCUT2D eigenvalue weighted by Gasteiger charge is 2.00. The zero-order chi connectivity index (χ0) is 12.3. The number of hydrogen-bond acceptors (Lipinski definition) is 3. The van der Waals surface area contributed by atoms with Crippen LogP contribution in [0.4, 0.5) is 0 Å². The van der Waals surface area contributed by atoms with Crippen molar-refractivity contribution in [1.82, 2.24) is 5.32 Å². The van der Waals surface area contributed by atoms with Crippen molar-refractivity contribution in [2.45, 2.75) is 13.2 Å². The molecule has 0 unspecified atom stereocenters. The maximum atomic E-state index is 5.18. The lowest BCUT2D eigenvalue weighted by atomic mass is 10.1. The van der Waals surface area contributed by atoms with Gasteiger partial charge in [-0.2, -0.15) is 0 Å². The summed E-state index contributed by atoms with van der Waals surface area (Å²) in [5.74, 6) is 4.47. The zero-order valence-corrected chi connectivity index (χ0v) is 11.1. The number of hydrogen-bond donors (Lipinski definition) is 1. The molecule has 0 radical (unpaired) electrons. The minimum absolute atomic E-state index is 0.670. The molecular weight excluding hydrogens is 230 g/mol. The highest BCUT2D eigenvalue weighted by atomic mass is 32.2. The molecule has 1 rings (SSSR count). The van der Waals surface area contributed by atoms with Crippen LogP contribution in [0.25, 0.3) is 0 Å². The van der Waals surface area contributed by atoms with Crippen molar-refractivity contribution >= 4 is 11.8 Å². The number of terminal acetylenes is 1. The Kier molecular flexibility index (Phi) is 7.57. The van der Waals surface area contributed by atoms with Crippen molar-refractivity contribution in [2.75, 3.05) is 25.2 Å². The van der Waals surface area contributed by atoms with Crippen LogP contribution in [0.1, 0.15) is 11.1 Å². The molecule has 1 aromatic carbocycles. The molecule has 0 spiro atoms. The maximum Gasteiger partial charge on any atom is 0.0716 e. The fourth-order valence-electron chi connectivity index (χ4n) is 1.52. The number of nitrogens with one attached hydrogen (secondary N) is 1. The molecule has 0 aliphatic rings. The van der Waals surface area contributed by atoms with E-state index in [0.717, 1.165) is 24.6 Å². The fourth-order valence-corrected chi connectivity index (χ4v) is 2.08. The Hall–Kier alpha value is -0.950. The van der Waals surface area contributed by atoms with Crippen LogP contribution in [-0.4, -0.2) is 25.2 Å². The molecule has 3 heteroatoms. The summed E-state index contributed by atoms with van der Waals surface area (Å²) in [4.78, 5) is 0. The van der Waals surface area contributed by atoms with Gasteiger partial charge in [-0.25, -0.2) is 0 Å². The van der Waals surface area contributed by atoms with Gasteiger partial charge in [0.05, 0.1) is 12.4 Å². The molecule has 0 aliphatic carbocycles. The normalized spacial score (nSPS) is 10.1. The van der Waals surface area contributed by atoms with Gasteiger partial charge in [0.25, 0.3) is 0 Å². The van der Waals surface area contributed by atoms with E-state index in [2.05, 4.69) is 29.4 Å². The van der Waals surface area contributed by atoms with Gasteiger partial charge in [0.15, 0.2) is 0 Å². The molecular formula is C14H19NOS. The van der Waals surface area contributed by atoms with E-state index in [1.807, 2.05) is 6.07 Å². The minimum Gasteiger partial charge on any atom is -0.380 e. The van der Waals surface area contributed by atoms with Gasteiger partial charge in [0.2, 0.25) is 0 Å². The van der Waals surface area contributed by atoms with Gasteiger partial charge in [-0.15, -0.1) is 18.2 Å². The third-order valence-electron chi connectivity index (χ3n) is 2.34. The Labute approximate surface area is 108 Å². The molecule has 2 nitrogen and oxygen atoms in total. The Morgan fingerprint density at radius 3 is 2.82 bits per heavy atom. The van der Waals surface area contributed by atoms with Crippen LogP contribution in [-0.2, 0) is 17.9 Å². The summed E-state index contributed by atoms with van der Waals surface area (Å²) in [6, 6.07) is 8.34. The molecule has 0 aliphatic heterocycles. The lowest BCUT2D eigenvalue weighted by Crippen LogP contribution is -2.17. The second-order valence-corrected chi connectivity index (χ2v) is 4.74. The van der Waals surface area contributed by atoms with E-state index >= 15 is 0 Å². The molecule has 0 saturated heterocycles. The molecule has 0 atom stereocenters. The van der Waals surface area contributed by atoms with Crippen LogP contribution < -0.4 is 5.32 Å². The van der Waals surface area contributed by atoms with Crippen molar-refractivity contribution in [2.24, 2.45) is 0 Å². The molecule has 0 amide bonds. The first-order valence-electron chi connectivity index (χ1n) is 5.66. The monoisotopic (exact) mass is 249 g/mol. The van der Waals surface area contributed by atoms with E-state index in [0.29, 0.717) is 6.61 Å². The maximum absolute atomic E-state index is 5.18. The van der Waals surface area contributed by atoms with Crippen LogP contribution in [0, 0.1) is 12.3 Å². The number of benzene rings is 1. The summed E-state index contributed by atoms with van der Waals surface area (Å²) in [5, 5.41) is 3.41. The van der Waals surface area contributed by atoms with E-state index < -0.39 is 0 Å². The van der Waals surface area contributed by atoms with E-state index in [9.17, 15) is 0 Å².